The molecule has 29 heavy (non-hydrogen) atoms. The number of halogens is 2. The van der Waals surface area contributed by atoms with E-state index in [1.807, 2.05) is 0 Å². The zero-order valence-corrected chi connectivity index (χ0v) is 16.1. The van der Waals surface area contributed by atoms with Crippen LogP contribution >= 0.6 is 11.6 Å². The van der Waals surface area contributed by atoms with Crippen molar-refractivity contribution < 1.29 is 18.8 Å². The second kappa shape index (κ2) is 8.66. The summed E-state index contributed by atoms with van der Waals surface area (Å²) in [6.45, 7) is -0.120. The van der Waals surface area contributed by atoms with E-state index in [1.165, 1.54) is 35.9 Å². The van der Waals surface area contributed by atoms with Crippen molar-refractivity contribution >= 4 is 36.0 Å². The van der Waals surface area contributed by atoms with E-state index in [0.29, 0.717) is 34.7 Å². The van der Waals surface area contributed by atoms with Gasteiger partial charge in [-0.1, -0.05) is 11.6 Å². The van der Waals surface area contributed by atoms with Crippen LogP contribution in [0.15, 0.2) is 48.5 Å². The summed E-state index contributed by atoms with van der Waals surface area (Å²) in [6, 6.07) is 11.6. The lowest BCUT2D eigenvalue weighted by molar-refractivity contribution is -0.108. The summed E-state index contributed by atoms with van der Waals surface area (Å²) in [5, 5.41) is 3.04. The van der Waals surface area contributed by atoms with Crippen LogP contribution < -0.4 is 5.32 Å². The zero-order chi connectivity index (χ0) is 21.0. The quantitative estimate of drug-likeness (QED) is 0.622. The lowest BCUT2D eigenvalue weighted by atomic mass is 10.2. The van der Waals surface area contributed by atoms with Crippen molar-refractivity contribution in [2.45, 2.75) is 0 Å². The molecule has 7 nitrogen and oxygen atoms in total. The number of carbonyl (C=O) groups is 3. The normalized spacial score (nSPS) is 10.4. The van der Waals surface area contributed by atoms with Crippen molar-refractivity contribution in [1.29, 1.82) is 0 Å². The smallest absolute Gasteiger partial charge is 0.321 e. The van der Waals surface area contributed by atoms with Gasteiger partial charge in [0.15, 0.2) is 12.1 Å². The Balaban J connectivity index is 2.15. The van der Waals surface area contributed by atoms with Crippen LogP contribution in [0, 0.1) is 5.82 Å². The molecule has 0 aliphatic heterocycles. The Morgan fingerprint density at radius 3 is 2.41 bits per heavy atom. The fourth-order valence-corrected chi connectivity index (χ4v) is 2.80. The van der Waals surface area contributed by atoms with Crippen LogP contribution in [0.1, 0.15) is 10.5 Å². The molecule has 148 valence electrons. The number of hydrogen-bond donors (Lipinski definition) is 1. The maximum absolute atomic E-state index is 13.4. The number of imidazole rings is 1. The third kappa shape index (κ3) is 4.33. The maximum Gasteiger partial charge on any atom is 0.323 e. The molecule has 3 rings (SSSR count). The van der Waals surface area contributed by atoms with Gasteiger partial charge in [0.05, 0.1) is 6.54 Å². The molecule has 0 spiro atoms. The number of likely N-dealkylation sites (N-methyl/N-ethyl adjacent to an activating group) is 1. The molecule has 2 amide bonds. The van der Waals surface area contributed by atoms with E-state index in [4.69, 9.17) is 11.6 Å². The number of nitrogens with one attached hydrogen (secondary N) is 1. The third-order valence-electron chi connectivity index (χ3n) is 4.13. The highest BCUT2D eigenvalue weighted by Gasteiger charge is 2.22. The fourth-order valence-electron chi connectivity index (χ4n) is 2.67. The summed E-state index contributed by atoms with van der Waals surface area (Å²) in [5.74, 6) is -0.0854. The van der Waals surface area contributed by atoms with Gasteiger partial charge in [-0.2, -0.15) is 0 Å². The Hall–Kier alpha value is -3.52. The summed E-state index contributed by atoms with van der Waals surface area (Å²) in [7, 11) is 1.43. The van der Waals surface area contributed by atoms with E-state index in [9.17, 15) is 18.8 Å². The molecule has 0 atom stereocenters. The SMILES string of the molecule is CN(CC=O)C(=O)Nc1nc(-c2ccc(F)cc2)n(-c2ccc(Cl)cc2)c1C=O. The van der Waals surface area contributed by atoms with Crippen molar-refractivity contribution in [3.63, 3.8) is 0 Å². The molecule has 0 unspecified atom stereocenters. The largest absolute Gasteiger partial charge is 0.323 e. The molecular weight excluding hydrogens is 399 g/mol. The summed E-state index contributed by atoms with van der Waals surface area (Å²) in [4.78, 5) is 40.3. The van der Waals surface area contributed by atoms with Gasteiger partial charge in [0.25, 0.3) is 0 Å². The second-order valence-electron chi connectivity index (χ2n) is 6.08. The van der Waals surface area contributed by atoms with Gasteiger partial charge >= 0.3 is 6.03 Å². The Morgan fingerprint density at radius 2 is 1.83 bits per heavy atom. The number of aldehydes is 2. The van der Waals surface area contributed by atoms with Crippen LogP contribution in [0.25, 0.3) is 17.1 Å². The first kappa shape index (κ1) is 20.2. The number of nitrogens with zero attached hydrogens (tertiary/aromatic N) is 3. The second-order valence-corrected chi connectivity index (χ2v) is 6.52. The molecular formula is C20H16ClFN4O3. The molecule has 0 aliphatic rings. The van der Waals surface area contributed by atoms with Crippen molar-refractivity contribution in [2.75, 3.05) is 18.9 Å². The minimum absolute atomic E-state index is 0.0111. The van der Waals surface area contributed by atoms with Gasteiger partial charge in [0, 0.05) is 23.3 Å². The Labute approximate surface area is 170 Å². The fraction of sp³-hybridized carbons (Fsp3) is 0.100. The number of anilines is 1. The van der Waals surface area contributed by atoms with Gasteiger partial charge in [0.1, 0.15) is 23.6 Å². The minimum Gasteiger partial charge on any atom is -0.321 e. The van der Waals surface area contributed by atoms with E-state index in [2.05, 4.69) is 10.3 Å². The molecule has 2 aromatic carbocycles. The van der Waals surface area contributed by atoms with Gasteiger partial charge < -0.3 is 9.69 Å². The van der Waals surface area contributed by atoms with Crippen molar-refractivity contribution in [3.8, 4) is 17.1 Å². The first-order valence-electron chi connectivity index (χ1n) is 8.50. The van der Waals surface area contributed by atoms with E-state index < -0.39 is 11.8 Å². The first-order chi connectivity index (χ1) is 13.9. The first-order valence-corrected chi connectivity index (χ1v) is 8.88. The lowest BCUT2D eigenvalue weighted by Gasteiger charge is -2.14. The molecule has 0 saturated carbocycles. The predicted molar refractivity (Wildman–Crippen MR) is 107 cm³/mol. The molecule has 1 aromatic heterocycles. The standard InChI is InChI=1S/C20H16ClFN4O3/c1-25(10-11-27)20(29)24-18-17(12-28)26(16-8-4-14(21)5-9-16)19(23-18)13-2-6-15(22)7-3-13/h2-9,11-12H,10H2,1H3,(H,24,29). The monoisotopic (exact) mass is 414 g/mol. The molecule has 0 saturated heterocycles. The van der Waals surface area contributed by atoms with Gasteiger partial charge in [-0.15, -0.1) is 0 Å². The summed E-state index contributed by atoms with van der Waals surface area (Å²) < 4.78 is 14.9. The van der Waals surface area contributed by atoms with Gasteiger partial charge in [-0.05, 0) is 48.5 Å². The average Bonchev–Trinajstić information content (AvgIpc) is 3.07. The third-order valence-corrected chi connectivity index (χ3v) is 4.38. The maximum atomic E-state index is 13.4. The molecule has 3 aromatic rings. The number of hydrogen-bond acceptors (Lipinski definition) is 4. The Morgan fingerprint density at radius 1 is 1.17 bits per heavy atom. The van der Waals surface area contributed by atoms with E-state index in [0.717, 1.165) is 4.90 Å². The Bertz CT molecular complexity index is 1050. The number of urea groups is 1. The summed E-state index contributed by atoms with van der Waals surface area (Å²) in [6.07, 6.45) is 1.14. The summed E-state index contributed by atoms with van der Waals surface area (Å²) >= 11 is 5.96. The highest BCUT2D eigenvalue weighted by molar-refractivity contribution is 6.30. The number of rotatable bonds is 6. The molecule has 0 bridgehead atoms. The molecule has 0 radical (unpaired) electrons. The van der Waals surface area contributed by atoms with Gasteiger partial charge in [-0.3, -0.25) is 14.7 Å². The van der Waals surface area contributed by atoms with Crippen LogP contribution in [0.5, 0.6) is 0 Å². The van der Waals surface area contributed by atoms with Crippen LogP contribution in [0.2, 0.25) is 5.02 Å². The molecule has 9 heteroatoms. The average molecular weight is 415 g/mol. The van der Waals surface area contributed by atoms with Gasteiger partial charge in [-0.25, -0.2) is 14.2 Å². The summed E-state index contributed by atoms with van der Waals surface area (Å²) in [5.41, 5.74) is 1.19. The molecule has 0 aliphatic carbocycles. The highest BCUT2D eigenvalue weighted by Crippen LogP contribution is 2.29. The van der Waals surface area contributed by atoms with E-state index >= 15 is 0 Å². The van der Waals surface area contributed by atoms with Crippen molar-refractivity contribution in [2.24, 2.45) is 0 Å². The lowest BCUT2D eigenvalue weighted by Crippen LogP contribution is -2.33. The number of aromatic nitrogens is 2. The van der Waals surface area contributed by atoms with Crippen LogP contribution in [0.4, 0.5) is 15.0 Å². The van der Waals surface area contributed by atoms with Crippen LogP contribution in [0.3, 0.4) is 0 Å². The molecule has 0 fully saturated rings. The van der Waals surface area contributed by atoms with Crippen molar-refractivity contribution in [1.82, 2.24) is 14.5 Å². The number of benzene rings is 2. The van der Waals surface area contributed by atoms with E-state index in [-0.39, 0.29) is 18.1 Å². The topological polar surface area (TPSA) is 84.3 Å². The zero-order valence-electron chi connectivity index (χ0n) is 15.3. The Kier molecular flexibility index (Phi) is 6.04. The van der Waals surface area contributed by atoms with Gasteiger partial charge in [0.2, 0.25) is 0 Å². The van der Waals surface area contributed by atoms with Crippen LogP contribution in [-0.4, -0.2) is 46.6 Å². The molecule has 1 heterocycles. The number of amides is 2. The van der Waals surface area contributed by atoms with Crippen LogP contribution in [-0.2, 0) is 4.79 Å². The van der Waals surface area contributed by atoms with E-state index in [1.54, 1.807) is 24.3 Å². The highest BCUT2D eigenvalue weighted by atomic mass is 35.5. The predicted octanol–water partition coefficient (Wildman–Crippen LogP) is 3.81. The molecule has 1 N–H and O–H groups in total. The van der Waals surface area contributed by atoms with Crippen molar-refractivity contribution in [3.05, 3.63) is 65.1 Å². The minimum atomic E-state index is -0.605. The number of carbonyl (C=O) groups excluding carboxylic acids is 3.